The summed E-state index contributed by atoms with van der Waals surface area (Å²) in [5, 5.41) is 6.66. The van der Waals surface area contributed by atoms with Gasteiger partial charge in [-0.3, -0.25) is 33.9 Å². The van der Waals surface area contributed by atoms with E-state index in [1.165, 1.54) is 4.90 Å². The van der Waals surface area contributed by atoms with Crippen molar-refractivity contribution in [3.63, 3.8) is 0 Å². The van der Waals surface area contributed by atoms with E-state index in [2.05, 4.69) is 66.0 Å². The number of hydrogen-bond donors (Lipinski definition) is 2. The number of carbonyl (C=O) groups is 6. The maximum absolute atomic E-state index is 13.7. The zero-order valence-electron chi connectivity index (χ0n) is 42.3. The summed E-state index contributed by atoms with van der Waals surface area (Å²) in [6, 6.07) is 28.3. The Hall–Kier alpha value is -6.01. The van der Waals surface area contributed by atoms with Gasteiger partial charge in [0.1, 0.15) is 24.2 Å². The first-order valence-corrected chi connectivity index (χ1v) is 25.7. The van der Waals surface area contributed by atoms with Gasteiger partial charge in [-0.25, -0.2) is 9.59 Å². The van der Waals surface area contributed by atoms with Crippen molar-refractivity contribution in [2.45, 2.75) is 154 Å². The number of nitrogens with one attached hydrogen (secondary N) is 2. The highest BCUT2D eigenvalue weighted by molar-refractivity contribution is 6.30. The number of anilines is 3. The van der Waals surface area contributed by atoms with Crippen molar-refractivity contribution in [3.05, 3.63) is 124 Å². The summed E-state index contributed by atoms with van der Waals surface area (Å²) >= 11 is 6.05. The molecule has 13 heteroatoms. The highest BCUT2D eigenvalue weighted by Gasteiger charge is 2.59. The van der Waals surface area contributed by atoms with Crippen LogP contribution in [0.1, 0.15) is 165 Å². The molecule has 2 saturated carbocycles. The quantitative estimate of drug-likeness (QED) is 0.121. The number of imide groups is 2. The van der Waals surface area contributed by atoms with E-state index in [4.69, 9.17) is 11.6 Å². The topological polar surface area (TPSA) is 139 Å². The number of amides is 8. The van der Waals surface area contributed by atoms with Crippen molar-refractivity contribution in [3.8, 4) is 0 Å². The van der Waals surface area contributed by atoms with E-state index < -0.39 is 17.1 Å². The molecule has 4 aromatic rings. The van der Waals surface area contributed by atoms with E-state index in [1.807, 2.05) is 66.7 Å². The van der Waals surface area contributed by atoms with Crippen molar-refractivity contribution in [2.75, 3.05) is 35.2 Å². The number of hydrogen-bond acceptors (Lipinski definition) is 6. The van der Waals surface area contributed by atoms with Crippen molar-refractivity contribution in [1.82, 2.24) is 14.7 Å². The first-order chi connectivity index (χ1) is 33.4. The van der Waals surface area contributed by atoms with E-state index >= 15 is 0 Å². The number of para-hydroxylation sites is 2. The minimum atomic E-state index is -0.926. The molecule has 2 aliphatic carbocycles. The van der Waals surface area contributed by atoms with Gasteiger partial charge in [0.05, 0.1) is 0 Å². The predicted molar refractivity (Wildman–Crippen MR) is 279 cm³/mol. The molecular formula is C57H71ClN6O6. The Bertz CT molecular complexity index is 2510. The third-order valence-electron chi connectivity index (χ3n) is 14.7. The van der Waals surface area contributed by atoms with Crippen LogP contribution in [-0.2, 0) is 25.6 Å². The Balaban J connectivity index is 0.000000207. The molecule has 0 radical (unpaired) electrons. The van der Waals surface area contributed by atoms with Crippen molar-refractivity contribution in [2.24, 2.45) is 0 Å². The molecule has 2 heterocycles. The van der Waals surface area contributed by atoms with Crippen molar-refractivity contribution in [1.29, 1.82) is 0 Å². The summed E-state index contributed by atoms with van der Waals surface area (Å²) < 4.78 is 0. The zero-order chi connectivity index (χ0) is 50.5. The smallest absolute Gasteiger partial charge is 0.324 e. The van der Waals surface area contributed by atoms with Gasteiger partial charge in [0.2, 0.25) is 11.8 Å². The number of halogens is 1. The minimum absolute atomic E-state index is 0.211. The van der Waals surface area contributed by atoms with Gasteiger partial charge >= 0.3 is 12.1 Å². The molecule has 2 aliphatic heterocycles. The maximum atomic E-state index is 13.7. The normalized spacial score (nSPS) is 17.5. The van der Waals surface area contributed by atoms with E-state index in [0.717, 1.165) is 76.2 Å². The summed E-state index contributed by atoms with van der Waals surface area (Å²) in [4.78, 5) is 86.6. The van der Waals surface area contributed by atoms with Crippen LogP contribution in [0.15, 0.2) is 91.0 Å². The molecule has 4 aromatic carbocycles. The van der Waals surface area contributed by atoms with Crippen LogP contribution in [0, 0.1) is 0 Å². The Morgan fingerprint density at radius 1 is 0.529 bits per heavy atom. The molecule has 12 nitrogen and oxygen atoms in total. The summed E-state index contributed by atoms with van der Waals surface area (Å²) in [6.07, 6.45) is 7.82. The average Bonchev–Trinajstić information content (AvgIpc) is 3.95. The lowest BCUT2D eigenvalue weighted by Crippen LogP contribution is -2.51. The molecule has 2 spiro atoms. The van der Waals surface area contributed by atoms with E-state index in [0.29, 0.717) is 49.4 Å². The van der Waals surface area contributed by atoms with Crippen LogP contribution in [0.5, 0.6) is 0 Å². The van der Waals surface area contributed by atoms with Gasteiger partial charge in [0.25, 0.3) is 11.8 Å². The number of rotatable bonds is 14. The fraction of sp³-hybridized carbons (Fsp3) is 0.474. The Morgan fingerprint density at radius 2 is 0.943 bits per heavy atom. The van der Waals surface area contributed by atoms with Gasteiger partial charge in [-0.2, -0.15) is 0 Å². The first-order valence-electron chi connectivity index (χ1n) is 25.3. The summed E-state index contributed by atoms with van der Waals surface area (Å²) in [5.41, 5.74) is 5.78. The largest absolute Gasteiger partial charge is 0.332 e. The van der Waals surface area contributed by atoms with Crippen LogP contribution in [-0.4, -0.2) is 81.1 Å². The standard InChI is InChI=1S/C30H39N3O3.C27H32ClN3O3/c1-21(2)24-14-11-15-25(22(3)4)27(24)31-26(34)20-32-28(35)30(17-9-6-10-18-30)33(29(32)36)19-16-23-12-7-5-8-13-23;1-17(2)21-8-7-9-22(18(3)4)24(21)29-23(32)16-30-25(33)27(14-5-6-15-27)31(26(30)34)20-12-10-19(28)11-13-20/h5,7-8,11-15,21-22H,6,9-10,16-20H2,1-4H3,(H,31,34);7-13,17-18H,5-6,14-16H2,1-4H3,(H,29,32). The molecule has 0 bridgehead atoms. The van der Waals surface area contributed by atoms with Crippen LogP contribution in [0.3, 0.4) is 0 Å². The molecule has 70 heavy (non-hydrogen) atoms. The average molecular weight is 972 g/mol. The lowest BCUT2D eigenvalue weighted by molar-refractivity contribution is -0.136. The van der Waals surface area contributed by atoms with Gasteiger partial charge < -0.3 is 15.5 Å². The molecule has 0 atom stereocenters. The summed E-state index contributed by atoms with van der Waals surface area (Å²) in [6.45, 7) is 16.6. The van der Waals surface area contributed by atoms with E-state index in [9.17, 15) is 28.8 Å². The Labute approximate surface area is 419 Å². The lowest BCUT2D eigenvalue weighted by Gasteiger charge is -2.38. The van der Waals surface area contributed by atoms with Crippen LogP contribution in [0.4, 0.5) is 26.7 Å². The first kappa shape index (κ1) is 51.8. The molecule has 4 aliphatic rings. The molecule has 372 valence electrons. The Kier molecular flexibility index (Phi) is 16.3. The molecule has 2 N–H and O–H groups in total. The van der Waals surface area contributed by atoms with Gasteiger partial charge in [0.15, 0.2) is 0 Å². The SMILES string of the molecule is CC(C)c1cccc(C(C)C)c1NC(=O)CN1C(=O)N(CCc2ccccc2)C2(CCCCC2)C1=O.CC(C)c1cccc(C(C)C)c1NC(=O)CN1C(=O)N(c2ccc(Cl)cc2)C2(CCCC2)C1=O. The molecule has 0 unspecified atom stereocenters. The Morgan fingerprint density at radius 3 is 1.40 bits per heavy atom. The summed E-state index contributed by atoms with van der Waals surface area (Å²) in [5.74, 6) is -0.318. The van der Waals surface area contributed by atoms with Crippen LogP contribution in [0.25, 0.3) is 0 Å². The van der Waals surface area contributed by atoms with Gasteiger partial charge in [-0.15, -0.1) is 0 Å². The number of carbonyl (C=O) groups excluding carboxylic acids is 6. The van der Waals surface area contributed by atoms with Gasteiger partial charge in [0, 0.05) is 28.6 Å². The van der Waals surface area contributed by atoms with E-state index in [-0.39, 0.29) is 66.4 Å². The maximum Gasteiger partial charge on any atom is 0.332 e. The fourth-order valence-electron chi connectivity index (χ4n) is 11.0. The summed E-state index contributed by atoms with van der Waals surface area (Å²) in [7, 11) is 0. The highest BCUT2D eigenvalue weighted by Crippen LogP contribution is 2.45. The van der Waals surface area contributed by atoms with Crippen LogP contribution >= 0.6 is 11.6 Å². The third-order valence-corrected chi connectivity index (χ3v) is 14.9. The molecule has 0 aromatic heterocycles. The van der Waals surface area contributed by atoms with Crippen molar-refractivity contribution < 1.29 is 28.8 Å². The van der Waals surface area contributed by atoms with Crippen LogP contribution in [0.2, 0.25) is 5.02 Å². The third kappa shape index (κ3) is 10.5. The lowest BCUT2D eigenvalue weighted by atomic mass is 9.80. The molecule has 8 rings (SSSR count). The van der Waals surface area contributed by atoms with Crippen molar-refractivity contribution >= 4 is 64.4 Å². The second-order valence-corrected chi connectivity index (χ2v) is 21.2. The highest BCUT2D eigenvalue weighted by atomic mass is 35.5. The minimum Gasteiger partial charge on any atom is -0.324 e. The molecular weight excluding hydrogens is 900 g/mol. The number of urea groups is 2. The molecule has 2 saturated heterocycles. The predicted octanol–water partition coefficient (Wildman–Crippen LogP) is 12.4. The number of benzene rings is 4. The second kappa shape index (κ2) is 22.0. The monoisotopic (exact) mass is 971 g/mol. The molecule has 8 amide bonds. The van der Waals surface area contributed by atoms with Gasteiger partial charge in [-0.05, 0) is 108 Å². The van der Waals surface area contributed by atoms with E-state index in [1.54, 1.807) is 34.1 Å². The second-order valence-electron chi connectivity index (χ2n) is 20.7. The van der Waals surface area contributed by atoms with Crippen LogP contribution < -0.4 is 15.5 Å². The zero-order valence-corrected chi connectivity index (χ0v) is 43.0. The van der Waals surface area contributed by atoms with Gasteiger partial charge in [-0.1, -0.05) is 166 Å². The fourth-order valence-corrected chi connectivity index (χ4v) is 11.1. The number of nitrogens with zero attached hydrogens (tertiary/aromatic N) is 4. The molecule has 4 fully saturated rings.